The van der Waals surface area contributed by atoms with Crippen LogP contribution in [0.3, 0.4) is 0 Å². The Kier molecular flexibility index (Phi) is 6.99. The van der Waals surface area contributed by atoms with Gasteiger partial charge in [-0.05, 0) is 55.5 Å². The van der Waals surface area contributed by atoms with Crippen LogP contribution in [-0.2, 0) is 6.42 Å². The van der Waals surface area contributed by atoms with Gasteiger partial charge < -0.3 is 9.15 Å². The van der Waals surface area contributed by atoms with Gasteiger partial charge in [-0.1, -0.05) is 48.5 Å². The Labute approximate surface area is 191 Å². The monoisotopic (exact) mass is 458 g/mol. The number of carbonyl (C=O) groups is 1. The van der Waals surface area contributed by atoms with E-state index in [0.717, 1.165) is 0 Å². The van der Waals surface area contributed by atoms with E-state index in [9.17, 15) is 9.59 Å². The minimum Gasteiger partial charge on any atom is -0.492 e. The van der Waals surface area contributed by atoms with Crippen molar-refractivity contribution in [3.63, 3.8) is 0 Å². The van der Waals surface area contributed by atoms with E-state index in [2.05, 4.69) is 0 Å². The van der Waals surface area contributed by atoms with Crippen LogP contribution < -0.4 is 10.2 Å². The molecule has 4 nitrogen and oxygen atoms in total. The van der Waals surface area contributed by atoms with Crippen LogP contribution in [0.25, 0.3) is 11.0 Å². The van der Waals surface area contributed by atoms with Crippen LogP contribution in [0.5, 0.6) is 5.75 Å². The lowest BCUT2D eigenvalue weighted by Gasteiger charge is -2.22. The van der Waals surface area contributed by atoms with Crippen molar-refractivity contribution in [2.75, 3.05) is 6.61 Å². The summed E-state index contributed by atoms with van der Waals surface area (Å²) < 4.78 is 11.8. The van der Waals surface area contributed by atoms with E-state index in [1.165, 1.54) is 38.4 Å². The summed E-state index contributed by atoms with van der Waals surface area (Å²) in [6.07, 6.45) is 7.98. The molecule has 3 aromatic rings. The molecule has 0 aliphatic heterocycles. The number of ketones is 1. The van der Waals surface area contributed by atoms with Crippen molar-refractivity contribution in [2.45, 2.75) is 44.9 Å². The third-order valence-corrected chi connectivity index (χ3v) is 6.64. The zero-order valence-electron chi connectivity index (χ0n) is 17.2. The number of ether oxygens (including phenoxy) is 1. The molecule has 0 bridgehead atoms. The Balaban J connectivity index is 1.51. The molecule has 0 saturated heterocycles. The van der Waals surface area contributed by atoms with Crippen molar-refractivity contribution < 1.29 is 13.9 Å². The second-order valence-electron chi connectivity index (χ2n) is 8.09. The fourth-order valence-corrected chi connectivity index (χ4v) is 4.40. The molecule has 6 heteroatoms. The third-order valence-electron chi connectivity index (χ3n) is 5.90. The highest BCUT2D eigenvalue weighted by atomic mass is 35.5. The Morgan fingerprint density at radius 1 is 1.06 bits per heavy atom. The van der Waals surface area contributed by atoms with Crippen molar-refractivity contribution in [3.05, 3.63) is 74.1 Å². The van der Waals surface area contributed by atoms with Crippen LogP contribution in [-0.4, -0.2) is 12.4 Å². The van der Waals surface area contributed by atoms with Gasteiger partial charge in [0.15, 0.2) is 11.2 Å². The van der Waals surface area contributed by atoms with E-state index in [-0.39, 0.29) is 24.1 Å². The molecule has 1 heterocycles. The summed E-state index contributed by atoms with van der Waals surface area (Å²) in [4.78, 5) is 25.7. The first-order valence-electron chi connectivity index (χ1n) is 10.7. The average Bonchev–Trinajstić information content (AvgIpc) is 2.79. The van der Waals surface area contributed by atoms with Crippen molar-refractivity contribution in [2.24, 2.45) is 5.92 Å². The molecular formula is C25H24Cl2O4. The largest absolute Gasteiger partial charge is 0.492 e. The summed E-state index contributed by atoms with van der Waals surface area (Å²) in [6.45, 7) is 0.610. The fourth-order valence-electron chi connectivity index (χ4n) is 4.10. The van der Waals surface area contributed by atoms with E-state index >= 15 is 0 Å². The molecule has 0 unspecified atom stereocenters. The number of aryl methyl sites for hydroxylation is 1. The van der Waals surface area contributed by atoms with Crippen LogP contribution in [0.15, 0.2) is 51.9 Å². The number of benzene rings is 2. The number of hydrogen-bond acceptors (Lipinski definition) is 4. The molecule has 1 aromatic heterocycles. The lowest BCUT2D eigenvalue weighted by molar-refractivity contribution is 0.0982. The topological polar surface area (TPSA) is 56.5 Å². The van der Waals surface area contributed by atoms with E-state index in [1.54, 1.807) is 24.3 Å². The molecule has 1 saturated carbocycles. The van der Waals surface area contributed by atoms with Gasteiger partial charge in [0.05, 0.1) is 22.9 Å². The Bertz CT molecular complexity index is 1150. The maximum Gasteiger partial charge on any atom is 0.199 e. The third kappa shape index (κ3) is 5.13. The minimum absolute atomic E-state index is 0.111. The quantitative estimate of drug-likeness (QED) is 0.362. The number of carbonyl (C=O) groups excluding carboxylic acids is 1. The van der Waals surface area contributed by atoms with Gasteiger partial charge in [0.2, 0.25) is 0 Å². The lowest BCUT2D eigenvalue weighted by Crippen LogP contribution is -2.17. The standard InChI is InChI=1S/C25H24Cl2O4/c26-19-11-9-17(13-20(19)27)21(28)12-10-18-15-31-23-8-4-7-22(24(23)25(18)29)30-14-16-5-2-1-3-6-16/h4,7-9,11,13,15-16H,1-3,5-6,10,12,14H2. The molecule has 1 aliphatic carbocycles. The number of Topliss-reactive ketones (excluding diaryl/α,β-unsaturated/α-hetero) is 1. The molecule has 0 atom stereocenters. The van der Waals surface area contributed by atoms with Crippen molar-refractivity contribution in [1.29, 1.82) is 0 Å². The molecule has 0 amide bonds. The van der Waals surface area contributed by atoms with Gasteiger partial charge in [-0.15, -0.1) is 0 Å². The van der Waals surface area contributed by atoms with Gasteiger partial charge in [0, 0.05) is 17.5 Å². The van der Waals surface area contributed by atoms with Gasteiger partial charge in [0.1, 0.15) is 16.7 Å². The van der Waals surface area contributed by atoms with E-state index in [4.69, 9.17) is 32.4 Å². The van der Waals surface area contributed by atoms with E-state index in [0.29, 0.717) is 50.4 Å². The first-order chi connectivity index (χ1) is 15.0. The van der Waals surface area contributed by atoms with Gasteiger partial charge in [-0.25, -0.2) is 0 Å². The summed E-state index contributed by atoms with van der Waals surface area (Å²) in [6, 6.07) is 10.2. The number of halogens is 2. The number of hydrogen-bond donors (Lipinski definition) is 0. The minimum atomic E-state index is -0.151. The number of fused-ring (bicyclic) bond motifs is 1. The Hall–Kier alpha value is -2.30. The molecular weight excluding hydrogens is 435 g/mol. The Morgan fingerprint density at radius 3 is 2.65 bits per heavy atom. The van der Waals surface area contributed by atoms with Crippen LogP contribution in [0.4, 0.5) is 0 Å². The van der Waals surface area contributed by atoms with Crippen molar-refractivity contribution in [3.8, 4) is 5.75 Å². The predicted molar refractivity (Wildman–Crippen MR) is 124 cm³/mol. The first kappa shape index (κ1) is 21.9. The maximum absolute atomic E-state index is 13.2. The summed E-state index contributed by atoms with van der Waals surface area (Å²) >= 11 is 11.9. The van der Waals surface area contributed by atoms with Crippen LogP contribution >= 0.6 is 23.2 Å². The van der Waals surface area contributed by atoms with Gasteiger partial charge in [-0.3, -0.25) is 9.59 Å². The summed E-state index contributed by atoms with van der Waals surface area (Å²) in [5.41, 5.74) is 1.26. The van der Waals surface area contributed by atoms with Crippen molar-refractivity contribution in [1.82, 2.24) is 0 Å². The zero-order valence-corrected chi connectivity index (χ0v) is 18.7. The highest BCUT2D eigenvalue weighted by molar-refractivity contribution is 6.42. The van der Waals surface area contributed by atoms with Crippen molar-refractivity contribution >= 4 is 40.0 Å². The lowest BCUT2D eigenvalue weighted by atomic mass is 9.90. The molecule has 0 N–H and O–H groups in total. The highest BCUT2D eigenvalue weighted by Crippen LogP contribution is 2.28. The molecule has 162 valence electrons. The fraction of sp³-hybridized carbons (Fsp3) is 0.360. The molecule has 31 heavy (non-hydrogen) atoms. The van der Waals surface area contributed by atoms with Crippen LogP contribution in [0.1, 0.15) is 54.4 Å². The normalized spacial score (nSPS) is 14.6. The van der Waals surface area contributed by atoms with E-state index in [1.807, 2.05) is 12.1 Å². The van der Waals surface area contributed by atoms with Gasteiger partial charge >= 0.3 is 0 Å². The summed E-state index contributed by atoms with van der Waals surface area (Å²) in [7, 11) is 0. The van der Waals surface area contributed by atoms with E-state index < -0.39 is 0 Å². The molecule has 0 radical (unpaired) electrons. The summed E-state index contributed by atoms with van der Waals surface area (Å²) in [5.74, 6) is 0.970. The zero-order chi connectivity index (χ0) is 21.8. The average molecular weight is 459 g/mol. The molecule has 0 spiro atoms. The molecule has 1 fully saturated rings. The Morgan fingerprint density at radius 2 is 1.87 bits per heavy atom. The molecule has 2 aromatic carbocycles. The molecule has 1 aliphatic rings. The van der Waals surface area contributed by atoms with Gasteiger partial charge in [-0.2, -0.15) is 0 Å². The smallest absolute Gasteiger partial charge is 0.199 e. The van der Waals surface area contributed by atoms with Gasteiger partial charge in [0.25, 0.3) is 0 Å². The second-order valence-corrected chi connectivity index (χ2v) is 8.90. The predicted octanol–water partition coefficient (Wildman–Crippen LogP) is 6.87. The maximum atomic E-state index is 13.2. The first-order valence-corrected chi connectivity index (χ1v) is 11.4. The second kappa shape index (κ2) is 9.88. The summed E-state index contributed by atoms with van der Waals surface area (Å²) in [5, 5.41) is 1.17. The highest BCUT2D eigenvalue weighted by Gasteiger charge is 2.17. The molecule has 4 rings (SSSR count). The SMILES string of the molecule is O=C(CCc1coc2cccc(OCC3CCCCC3)c2c1=O)c1ccc(Cl)c(Cl)c1. The van der Waals surface area contributed by atoms with Crippen LogP contribution in [0.2, 0.25) is 10.0 Å². The number of rotatable bonds is 7. The van der Waals surface area contributed by atoms with Crippen LogP contribution in [0, 0.1) is 5.92 Å².